The average molecular weight is 702 g/mol. The lowest BCUT2D eigenvalue weighted by Gasteiger charge is -2.28. The van der Waals surface area contributed by atoms with Gasteiger partial charge in [-0.1, -0.05) is 63.7 Å². The fourth-order valence-corrected chi connectivity index (χ4v) is 11.2. The van der Waals surface area contributed by atoms with Crippen LogP contribution in [0.2, 0.25) is 0 Å². The first-order valence-electron chi connectivity index (χ1n) is 11.4. The lowest BCUT2D eigenvalue weighted by atomic mass is 9.81. The molecule has 32 heavy (non-hydrogen) atoms. The highest BCUT2D eigenvalue weighted by atomic mass is 79.9. The maximum absolute atomic E-state index is 12.1. The third kappa shape index (κ3) is 3.03. The van der Waals surface area contributed by atoms with Gasteiger partial charge in [0.15, 0.2) is 0 Å². The molecule has 0 aromatic heterocycles. The van der Waals surface area contributed by atoms with Crippen molar-refractivity contribution >= 4 is 87.3 Å². The maximum atomic E-state index is 12.1. The van der Waals surface area contributed by atoms with E-state index in [1.165, 1.54) is 9.80 Å². The van der Waals surface area contributed by atoms with Crippen molar-refractivity contribution in [2.75, 3.05) is 13.1 Å². The number of imide groups is 2. The standard InChI is InChI=1S/2C11H13Br2NO2/c2*1-2-14-10(15)6-4-3-5(7(6)11(14)16)9(13)8(4)12/h2*4-9H,2-3H2,1H3. The molecule has 6 fully saturated rings. The van der Waals surface area contributed by atoms with Gasteiger partial charge >= 0.3 is 0 Å². The first-order valence-corrected chi connectivity index (χ1v) is 15.1. The summed E-state index contributed by atoms with van der Waals surface area (Å²) in [5.74, 6) is 1.43. The van der Waals surface area contributed by atoms with Crippen LogP contribution in [0, 0.1) is 47.3 Å². The molecule has 176 valence electrons. The van der Waals surface area contributed by atoms with Gasteiger partial charge in [-0.15, -0.1) is 0 Å². The van der Waals surface area contributed by atoms with Crippen molar-refractivity contribution < 1.29 is 19.2 Å². The Balaban J connectivity index is 0.000000135. The molecule has 0 aromatic carbocycles. The Morgan fingerprint density at radius 3 is 0.969 bits per heavy atom. The quantitative estimate of drug-likeness (QED) is 0.326. The molecular weight excluding hydrogens is 676 g/mol. The van der Waals surface area contributed by atoms with E-state index in [0.717, 1.165) is 12.8 Å². The van der Waals surface area contributed by atoms with Crippen LogP contribution >= 0.6 is 63.7 Å². The van der Waals surface area contributed by atoms with E-state index in [4.69, 9.17) is 0 Å². The number of alkyl halides is 4. The number of nitrogens with zero attached hydrogens (tertiary/aromatic N) is 2. The van der Waals surface area contributed by atoms with Gasteiger partial charge in [0.1, 0.15) is 0 Å². The summed E-state index contributed by atoms with van der Waals surface area (Å²) in [6, 6.07) is 0. The predicted octanol–water partition coefficient (Wildman–Crippen LogP) is 3.57. The summed E-state index contributed by atoms with van der Waals surface area (Å²) in [5, 5.41) is 0. The Morgan fingerprint density at radius 1 is 0.562 bits per heavy atom. The monoisotopic (exact) mass is 698 g/mol. The first-order chi connectivity index (χ1) is 15.1. The van der Waals surface area contributed by atoms with Crippen molar-refractivity contribution in [1.29, 1.82) is 0 Å². The molecule has 0 N–H and O–H groups in total. The second-order valence-electron chi connectivity index (χ2n) is 9.85. The van der Waals surface area contributed by atoms with Crippen LogP contribution in [0.5, 0.6) is 0 Å². The Bertz CT molecular complexity index is 752. The van der Waals surface area contributed by atoms with Crippen molar-refractivity contribution in [2.45, 2.75) is 46.0 Å². The van der Waals surface area contributed by atoms with Crippen LogP contribution in [0.15, 0.2) is 0 Å². The molecule has 4 saturated carbocycles. The molecule has 0 spiro atoms. The second-order valence-corrected chi connectivity index (χ2v) is 14.1. The van der Waals surface area contributed by atoms with Gasteiger partial charge in [-0.25, -0.2) is 0 Å². The number of halogens is 4. The minimum absolute atomic E-state index is 0.0457. The van der Waals surface area contributed by atoms with Crippen LogP contribution in [-0.4, -0.2) is 65.8 Å². The van der Waals surface area contributed by atoms with Gasteiger partial charge in [-0.2, -0.15) is 0 Å². The number of amides is 4. The van der Waals surface area contributed by atoms with Crippen molar-refractivity contribution in [3.05, 3.63) is 0 Å². The van der Waals surface area contributed by atoms with Crippen LogP contribution in [0.1, 0.15) is 26.7 Å². The number of fused-ring (bicyclic) bond motifs is 10. The highest BCUT2D eigenvalue weighted by Crippen LogP contribution is 2.61. The van der Waals surface area contributed by atoms with Gasteiger partial charge in [0.2, 0.25) is 23.6 Å². The number of rotatable bonds is 2. The number of carbonyl (C=O) groups excluding carboxylic acids is 4. The van der Waals surface area contributed by atoms with Crippen LogP contribution in [0.3, 0.4) is 0 Å². The highest BCUT2D eigenvalue weighted by molar-refractivity contribution is 9.12. The fraction of sp³-hybridized carbons (Fsp3) is 0.818. The van der Waals surface area contributed by atoms with Gasteiger partial charge in [-0.05, 0) is 50.4 Å². The number of hydrogen-bond acceptors (Lipinski definition) is 4. The van der Waals surface area contributed by atoms with E-state index in [-0.39, 0.29) is 47.3 Å². The van der Waals surface area contributed by atoms with Gasteiger partial charge in [0.25, 0.3) is 0 Å². The normalized spacial score (nSPS) is 50.3. The SMILES string of the molecule is CCN1C(=O)C2C3CC(C(Br)C3Br)C2C1=O.CCN1C(=O)C2C3CC(C(Br)C3Br)C2C1=O. The Hall–Kier alpha value is 0.200. The van der Waals surface area contributed by atoms with E-state index >= 15 is 0 Å². The topological polar surface area (TPSA) is 74.8 Å². The summed E-state index contributed by atoms with van der Waals surface area (Å²) in [4.78, 5) is 52.8. The smallest absolute Gasteiger partial charge is 0.233 e. The molecule has 0 aromatic rings. The van der Waals surface area contributed by atoms with Gasteiger partial charge in [-0.3, -0.25) is 29.0 Å². The highest BCUT2D eigenvalue weighted by Gasteiger charge is 2.67. The van der Waals surface area contributed by atoms with Crippen LogP contribution in [0.25, 0.3) is 0 Å². The van der Waals surface area contributed by atoms with Gasteiger partial charge in [0, 0.05) is 32.4 Å². The van der Waals surface area contributed by atoms with Gasteiger partial charge in [0.05, 0.1) is 23.7 Å². The van der Waals surface area contributed by atoms with Gasteiger partial charge < -0.3 is 0 Å². The van der Waals surface area contributed by atoms with Crippen molar-refractivity contribution in [1.82, 2.24) is 9.80 Å². The molecule has 2 aliphatic heterocycles. The van der Waals surface area contributed by atoms with Crippen molar-refractivity contribution in [3.8, 4) is 0 Å². The minimum Gasteiger partial charge on any atom is -0.282 e. The van der Waals surface area contributed by atoms with E-state index in [0.29, 0.717) is 56.1 Å². The third-order valence-electron chi connectivity index (χ3n) is 8.79. The minimum atomic E-state index is -0.0457. The van der Waals surface area contributed by atoms with Crippen molar-refractivity contribution in [2.24, 2.45) is 47.3 Å². The lowest BCUT2D eigenvalue weighted by molar-refractivity contribution is -0.142. The molecule has 4 aliphatic carbocycles. The molecule has 4 amide bonds. The molecule has 6 nitrogen and oxygen atoms in total. The van der Waals surface area contributed by atoms with E-state index < -0.39 is 0 Å². The molecule has 10 heteroatoms. The number of hydrogen-bond donors (Lipinski definition) is 0. The third-order valence-corrected chi connectivity index (χ3v) is 15.2. The Kier molecular flexibility index (Phi) is 6.28. The molecule has 4 bridgehead atoms. The van der Waals surface area contributed by atoms with E-state index in [2.05, 4.69) is 63.7 Å². The molecule has 12 unspecified atom stereocenters. The Labute approximate surface area is 221 Å². The second kappa shape index (κ2) is 8.40. The number of likely N-dealkylation sites (tertiary alicyclic amines) is 2. The molecule has 12 atom stereocenters. The van der Waals surface area contributed by atoms with Crippen molar-refractivity contribution in [3.63, 3.8) is 0 Å². The van der Waals surface area contributed by atoms with Crippen LogP contribution in [-0.2, 0) is 19.2 Å². The fourth-order valence-electron chi connectivity index (χ4n) is 7.44. The summed E-state index contributed by atoms with van der Waals surface area (Å²) in [7, 11) is 0. The molecule has 6 rings (SSSR count). The molecule has 0 radical (unpaired) electrons. The molecule has 2 heterocycles. The summed E-state index contributed by atoms with van der Waals surface area (Å²) >= 11 is 14.6. The molecule has 2 saturated heterocycles. The van der Waals surface area contributed by atoms with Crippen LogP contribution in [0.4, 0.5) is 0 Å². The van der Waals surface area contributed by atoms with E-state index in [1.807, 2.05) is 13.8 Å². The largest absolute Gasteiger partial charge is 0.282 e. The first kappa shape index (κ1) is 23.9. The number of carbonyl (C=O) groups is 4. The Morgan fingerprint density at radius 2 is 0.781 bits per heavy atom. The summed E-state index contributed by atoms with van der Waals surface area (Å²) in [6.45, 7) is 4.78. The summed E-state index contributed by atoms with van der Waals surface area (Å²) in [5.41, 5.74) is 0. The molecule has 6 aliphatic rings. The molecular formula is C22H26Br4N2O4. The van der Waals surface area contributed by atoms with E-state index in [1.54, 1.807) is 0 Å². The van der Waals surface area contributed by atoms with E-state index in [9.17, 15) is 19.2 Å². The maximum Gasteiger partial charge on any atom is 0.233 e. The average Bonchev–Trinajstić information content (AvgIpc) is 3.56. The lowest BCUT2D eigenvalue weighted by Crippen LogP contribution is -2.37. The zero-order valence-corrected chi connectivity index (χ0v) is 24.1. The zero-order valence-electron chi connectivity index (χ0n) is 17.8. The zero-order chi connectivity index (χ0) is 23.2. The van der Waals surface area contributed by atoms with Crippen LogP contribution < -0.4 is 0 Å². The summed E-state index contributed by atoms with van der Waals surface area (Å²) in [6.07, 6.45) is 2.02. The summed E-state index contributed by atoms with van der Waals surface area (Å²) < 4.78 is 0. The predicted molar refractivity (Wildman–Crippen MR) is 133 cm³/mol.